The van der Waals surface area contributed by atoms with Crippen molar-refractivity contribution >= 4 is 30.5 Å². The van der Waals surface area contributed by atoms with Gasteiger partial charge >= 0.3 is 13.5 Å². The number of aryl methyl sites for hydroxylation is 1. The van der Waals surface area contributed by atoms with Crippen molar-refractivity contribution in [2.24, 2.45) is 5.41 Å². The van der Waals surface area contributed by atoms with Gasteiger partial charge in [0.15, 0.2) is 10.9 Å². The number of rotatable bonds is 11. The second-order valence-corrected chi connectivity index (χ2v) is 11.0. The number of aromatic amines is 1. The van der Waals surface area contributed by atoms with E-state index < -0.39 is 49.5 Å². The SMILES string of the molecule is COP(=O)(OCC(C)(C)C(=O)CSC(C)=O)O[C@H]1C[C@H](n2cc(C)c(=O)[nH]c2=O)O[C@@H]1CO. The highest BCUT2D eigenvalue weighted by Gasteiger charge is 2.43. The molecule has 1 aliphatic rings. The van der Waals surface area contributed by atoms with Crippen LogP contribution in [0.1, 0.15) is 39.0 Å². The summed E-state index contributed by atoms with van der Waals surface area (Å²) in [7, 11) is -3.07. The highest BCUT2D eigenvalue weighted by atomic mass is 32.2. The smallest absolute Gasteiger partial charge is 0.394 e. The monoisotopic (exact) mass is 508 g/mol. The fourth-order valence-electron chi connectivity index (χ4n) is 2.92. The second-order valence-electron chi connectivity index (χ2n) is 8.16. The molecule has 0 amide bonds. The Hall–Kier alpha value is -1.60. The van der Waals surface area contributed by atoms with Gasteiger partial charge in [0.1, 0.15) is 18.4 Å². The number of Topliss-reactive ketones (excluding diaryl/α,β-unsaturated/α-hetero) is 1. The molecular formula is C19H29N2O10PS. The highest BCUT2D eigenvalue weighted by Crippen LogP contribution is 2.53. The summed E-state index contributed by atoms with van der Waals surface area (Å²) >= 11 is 0.866. The minimum atomic E-state index is -4.18. The van der Waals surface area contributed by atoms with Crippen LogP contribution in [0.4, 0.5) is 0 Å². The molecule has 4 atom stereocenters. The zero-order valence-corrected chi connectivity index (χ0v) is 20.8. The molecule has 0 bridgehead atoms. The summed E-state index contributed by atoms with van der Waals surface area (Å²) in [6.07, 6.45) is -1.50. The molecule has 1 aromatic heterocycles. The van der Waals surface area contributed by atoms with Crippen LogP contribution in [0.5, 0.6) is 0 Å². The van der Waals surface area contributed by atoms with Crippen molar-refractivity contribution in [3.63, 3.8) is 0 Å². The Labute approximate surface area is 194 Å². The van der Waals surface area contributed by atoms with Crippen molar-refractivity contribution in [3.05, 3.63) is 32.6 Å². The third kappa shape index (κ3) is 7.19. The fraction of sp³-hybridized carbons (Fsp3) is 0.684. The average Bonchev–Trinajstić information content (AvgIpc) is 3.15. The number of ether oxygens (including phenoxy) is 1. The predicted molar refractivity (Wildman–Crippen MR) is 119 cm³/mol. The summed E-state index contributed by atoms with van der Waals surface area (Å²) in [4.78, 5) is 49.4. The number of ketones is 1. The number of aliphatic hydroxyl groups excluding tert-OH is 1. The van der Waals surface area contributed by atoms with Gasteiger partial charge in [0.05, 0.1) is 19.0 Å². The number of thioether (sulfide) groups is 1. The van der Waals surface area contributed by atoms with Crippen LogP contribution >= 0.6 is 19.6 Å². The largest absolute Gasteiger partial charge is 0.474 e. The Morgan fingerprint density at radius 2 is 2.06 bits per heavy atom. The van der Waals surface area contributed by atoms with Gasteiger partial charge in [-0.3, -0.25) is 37.5 Å². The number of phosphoric ester groups is 1. The standard InChI is InChI=1S/C19H29N2O10PS/c1-11-7-21(18(26)20-17(11)25)16-6-13(14(8-22)30-16)31-32(27,28-5)29-10-19(3,4)15(24)9-33-12(2)23/h7,13-14,16,22H,6,8-10H2,1-5H3,(H,20,25,26)/t13-,14+,16+,32?/m0/s1. The lowest BCUT2D eigenvalue weighted by Crippen LogP contribution is -2.33. The molecule has 2 heterocycles. The van der Waals surface area contributed by atoms with Crippen LogP contribution in [0.3, 0.4) is 0 Å². The normalized spacial score (nSPS) is 22.8. The summed E-state index contributed by atoms with van der Waals surface area (Å²) in [6.45, 7) is 5.21. The summed E-state index contributed by atoms with van der Waals surface area (Å²) in [5, 5.41) is 9.48. The quantitative estimate of drug-likeness (QED) is 0.412. The summed E-state index contributed by atoms with van der Waals surface area (Å²) in [5.74, 6) is -0.335. The van der Waals surface area contributed by atoms with Gasteiger partial charge in [-0.25, -0.2) is 9.36 Å². The Morgan fingerprint density at radius 1 is 1.39 bits per heavy atom. The molecular weight excluding hydrogens is 479 g/mol. The van der Waals surface area contributed by atoms with E-state index in [0.29, 0.717) is 0 Å². The maximum absolute atomic E-state index is 13.1. The number of hydrogen-bond donors (Lipinski definition) is 2. The van der Waals surface area contributed by atoms with E-state index in [1.165, 1.54) is 20.0 Å². The van der Waals surface area contributed by atoms with Crippen molar-refractivity contribution in [3.8, 4) is 0 Å². The van der Waals surface area contributed by atoms with E-state index in [1.54, 1.807) is 13.8 Å². The first-order valence-corrected chi connectivity index (χ1v) is 12.5. The molecule has 1 aromatic rings. The van der Waals surface area contributed by atoms with Gasteiger partial charge in [-0.1, -0.05) is 25.6 Å². The van der Waals surface area contributed by atoms with Gasteiger partial charge < -0.3 is 9.84 Å². The van der Waals surface area contributed by atoms with Crippen LogP contribution in [0, 0.1) is 12.3 Å². The number of carbonyl (C=O) groups is 2. The Kier molecular flexibility index (Phi) is 9.40. The van der Waals surface area contributed by atoms with E-state index in [0.717, 1.165) is 23.4 Å². The summed E-state index contributed by atoms with van der Waals surface area (Å²) in [6, 6.07) is 0. The first-order chi connectivity index (χ1) is 15.3. The van der Waals surface area contributed by atoms with Crippen LogP contribution in [0.2, 0.25) is 0 Å². The molecule has 1 aliphatic heterocycles. The number of phosphoric acid groups is 1. The first kappa shape index (κ1) is 27.6. The molecule has 14 heteroatoms. The lowest BCUT2D eigenvalue weighted by atomic mass is 9.90. The van der Waals surface area contributed by atoms with Crippen molar-refractivity contribution in [2.75, 3.05) is 26.1 Å². The van der Waals surface area contributed by atoms with E-state index in [2.05, 4.69) is 4.98 Å². The van der Waals surface area contributed by atoms with Crippen LogP contribution < -0.4 is 11.2 Å². The Bertz CT molecular complexity index is 1040. The van der Waals surface area contributed by atoms with Gasteiger partial charge in [0, 0.05) is 37.6 Å². The van der Waals surface area contributed by atoms with Crippen molar-refractivity contribution in [2.45, 2.75) is 52.6 Å². The molecule has 1 saturated heterocycles. The number of nitrogens with zero attached hydrogens (tertiary/aromatic N) is 1. The minimum absolute atomic E-state index is 0.00486. The van der Waals surface area contributed by atoms with Crippen LogP contribution in [0.15, 0.2) is 15.8 Å². The summed E-state index contributed by atoms with van der Waals surface area (Å²) in [5.41, 5.74) is -2.03. The average molecular weight is 508 g/mol. The van der Waals surface area contributed by atoms with Crippen molar-refractivity contribution < 1.29 is 37.6 Å². The molecule has 0 aliphatic carbocycles. The number of H-pyrrole nitrogens is 1. The van der Waals surface area contributed by atoms with E-state index >= 15 is 0 Å². The van der Waals surface area contributed by atoms with E-state index in [9.17, 15) is 28.8 Å². The summed E-state index contributed by atoms with van der Waals surface area (Å²) < 4.78 is 35.7. The molecule has 1 fully saturated rings. The van der Waals surface area contributed by atoms with Gasteiger partial charge in [-0.2, -0.15) is 0 Å². The maximum atomic E-state index is 13.1. The third-order valence-corrected chi connectivity index (χ3v) is 7.28. The molecule has 0 spiro atoms. The van der Waals surface area contributed by atoms with E-state index in [1.807, 2.05) is 0 Å². The van der Waals surface area contributed by atoms with E-state index in [4.69, 9.17) is 18.3 Å². The van der Waals surface area contributed by atoms with Crippen LogP contribution in [-0.2, 0) is 32.5 Å². The van der Waals surface area contributed by atoms with Crippen LogP contribution in [-0.4, -0.2) is 63.8 Å². The molecule has 1 unspecified atom stereocenters. The van der Waals surface area contributed by atoms with Crippen molar-refractivity contribution in [1.29, 1.82) is 0 Å². The van der Waals surface area contributed by atoms with E-state index in [-0.39, 0.29) is 35.2 Å². The zero-order chi connectivity index (χ0) is 25.0. The zero-order valence-electron chi connectivity index (χ0n) is 19.1. The third-order valence-electron chi connectivity index (χ3n) is 5.05. The Balaban J connectivity index is 2.11. The highest BCUT2D eigenvalue weighted by molar-refractivity contribution is 8.14. The minimum Gasteiger partial charge on any atom is -0.394 e. The maximum Gasteiger partial charge on any atom is 0.474 e. The van der Waals surface area contributed by atoms with Gasteiger partial charge in [-0.05, 0) is 6.92 Å². The number of hydrogen-bond acceptors (Lipinski definition) is 11. The van der Waals surface area contributed by atoms with Gasteiger partial charge in [0.25, 0.3) is 5.56 Å². The lowest BCUT2D eigenvalue weighted by molar-refractivity contribution is -0.126. The fourth-order valence-corrected chi connectivity index (χ4v) is 4.93. The molecule has 0 radical (unpaired) electrons. The molecule has 2 rings (SSSR count). The van der Waals surface area contributed by atoms with Gasteiger partial charge in [-0.15, -0.1) is 0 Å². The number of aromatic nitrogens is 2. The molecule has 12 nitrogen and oxygen atoms in total. The first-order valence-electron chi connectivity index (χ1n) is 10.1. The molecule has 2 N–H and O–H groups in total. The molecule has 33 heavy (non-hydrogen) atoms. The topological polar surface area (TPSA) is 163 Å². The molecule has 186 valence electrons. The van der Waals surface area contributed by atoms with Gasteiger partial charge in [0.2, 0.25) is 0 Å². The van der Waals surface area contributed by atoms with Crippen LogP contribution in [0.25, 0.3) is 0 Å². The molecule has 0 aromatic carbocycles. The number of carbonyl (C=O) groups excluding carboxylic acids is 2. The predicted octanol–water partition coefficient (Wildman–Crippen LogP) is 1.16. The Morgan fingerprint density at radius 3 is 2.64 bits per heavy atom. The molecule has 0 saturated carbocycles. The second kappa shape index (κ2) is 11.2. The number of nitrogens with one attached hydrogen (secondary N) is 1. The number of aliphatic hydroxyl groups is 1. The lowest BCUT2D eigenvalue weighted by Gasteiger charge is -2.27. The van der Waals surface area contributed by atoms with Crippen molar-refractivity contribution in [1.82, 2.24) is 9.55 Å².